The zero-order valence-corrected chi connectivity index (χ0v) is 15.5. The lowest BCUT2D eigenvalue weighted by atomic mass is 9.89. The second-order valence-corrected chi connectivity index (χ2v) is 7.35. The van der Waals surface area contributed by atoms with Gasteiger partial charge >= 0.3 is 11.6 Å². The first-order valence-electron chi connectivity index (χ1n) is 9.16. The number of carbonyl (C=O) groups is 1. The van der Waals surface area contributed by atoms with E-state index in [0.717, 1.165) is 36.6 Å². The third kappa shape index (κ3) is 3.91. The number of halogens is 1. The largest absolute Gasteiger partial charge is 0.426 e. The van der Waals surface area contributed by atoms with Gasteiger partial charge < -0.3 is 9.15 Å². The maximum atomic E-state index is 12.4. The van der Waals surface area contributed by atoms with Crippen LogP contribution in [-0.4, -0.2) is 5.97 Å². The van der Waals surface area contributed by atoms with Gasteiger partial charge in [0.05, 0.1) is 11.5 Å². The van der Waals surface area contributed by atoms with Crippen LogP contribution in [0.15, 0.2) is 57.7 Å². The van der Waals surface area contributed by atoms with E-state index in [1.807, 2.05) is 0 Å². The van der Waals surface area contributed by atoms with Gasteiger partial charge in [-0.3, -0.25) is 4.79 Å². The average Bonchev–Trinajstić information content (AvgIpc) is 2.69. The lowest BCUT2D eigenvalue weighted by molar-refractivity contribution is -0.139. The van der Waals surface area contributed by atoms with Crippen molar-refractivity contribution in [3.63, 3.8) is 0 Å². The summed E-state index contributed by atoms with van der Waals surface area (Å²) in [7, 11) is 0. The minimum atomic E-state index is -0.444. The Hall–Kier alpha value is -2.59. The third-order valence-electron chi connectivity index (χ3n) is 5.02. The molecule has 2 aromatic carbocycles. The van der Waals surface area contributed by atoms with E-state index in [2.05, 4.69) is 0 Å². The molecule has 1 heterocycles. The molecule has 0 aliphatic heterocycles. The molecule has 0 radical (unpaired) electrons. The zero-order chi connectivity index (χ0) is 18.8. The van der Waals surface area contributed by atoms with Gasteiger partial charge in [0.25, 0.3) is 0 Å². The summed E-state index contributed by atoms with van der Waals surface area (Å²) in [6, 6.07) is 13.9. The van der Waals surface area contributed by atoms with Crippen LogP contribution >= 0.6 is 11.6 Å². The molecular weight excluding hydrogens is 364 g/mol. The fraction of sp³-hybridized carbons (Fsp3) is 0.273. The number of carbonyl (C=O) groups excluding carboxylic acids is 1. The van der Waals surface area contributed by atoms with Crippen molar-refractivity contribution in [2.45, 2.75) is 32.1 Å². The number of benzene rings is 2. The summed E-state index contributed by atoms with van der Waals surface area (Å²) in [5, 5.41) is 1.37. The molecular formula is C22H19ClO4. The van der Waals surface area contributed by atoms with Crippen LogP contribution in [-0.2, 0) is 4.79 Å². The van der Waals surface area contributed by atoms with Crippen LogP contribution in [0.3, 0.4) is 0 Å². The van der Waals surface area contributed by atoms with Gasteiger partial charge in [-0.2, -0.15) is 0 Å². The summed E-state index contributed by atoms with van der Waals surface area (Å²) >= 11 is 5.91. The number of fused-ring (bicyclic) bond motifs is 1. The van der Waals surface area contributed by atoms with Crippen molar-refractivity contribution in [3.8, 4) is 16.9 Å². The first kappa shape index (κ1) is 17.8. The van der Waals surface area contributed by atoms with E-state index < -0.39 is 5.63 Å². The molecule has 1 aliphatic rings. The fourth-order valence-corrected chi connectivity index (χ4v) is 3.65. The minimum Gasteiger partial charge on any atom is -0.426 e. The van der Waals surface area contributed by atoms with Crippen molar-refractivity contribution >= 4 is 28.5 Å². The number of ether oxygens (including phenoxy) is 1. The molecule has 5 heteroatoms. The molecule has 0 N–H and O–H groups in total. The summed E-state index contributed by atoms with van der Waals surface area (Å²) in [6.45, 7) is 0. The minimum absolute atomic E-state index is 0.0336. The molecule has 27 heavy (non-hydrogen) atoms. The van der Waals surface area contributed by atoms with Crippen molar-refractivity contribution in [1.29, 1.82) is 0 Å². The molecule has 0 saturated heterocycles. The van der Waals surface area contributed by atoms with Crippen molar-refractivity contribution in [3.05, 3.63) is 64.0 Å². The second kappa shape index (κ2) is 7.57. The van der Waals surface area contributed by atoms with Crippen LogP contribution in [0, 0.1) is 5.92 Å². The molecule has 4 rings (SSSR count). The SMILES string of the molecule is O=C(Oc1ccc2cc(-c3ccc(Cl)cc3)c(=O)oc2c1)C1CCCCC1. The molecule has 0 bridgehead atoms. The van der Waals surface area contributed by atoms with Crippen LogP contribution < -0.4 is 10.4 Å². The average molecular weight is 383 g/mol. The monoisotopic (exact) mass is 382 g/mol. The molecule has 1 aliphatic carbocycles. The molecule has 0 amide bonds. The second-order valence-electron chi connectivity index (χ2n) is 6.91. The first-order valence-corrected chi connectivity index (χ1v) is 9.53. The van der Waals surface area contributed by atoms with E-state index in [4.69, 9.17) is 20.8 Å². The fourth-order valence-electron chi connectivity index (χ4n) is 3.52. The molecule has 0 unspecified atom stereocenters. The Balaban J connectivity index is 1.61. The molecule has 0 spiro atoms. The van der Waals surface area contributed by atoms with E-state index in [0.29, 0.717) is 21.9 Å². The summed E-state index contributed by atoms with van der Waals surface area (Å²) in [6.07, 6.45) is 5.08. The highest BCUT2D eigenvalue weighted by atomic mass is 35.5. The number of rotatable bonds is 3. The number of esters is 1. The Kier molecular flexibility index (Phi) is 4.99. The predicted octanol–water partition coefficient (Wildman–Crippen LogP) is 5.60. The molecule has 0 atom stereocenters. The Morgan fingerprint density at radius 3 is 2.48 bits per heavy atom. The van der Waals surface area contributed by atoms with Crippen LogP contribution in [0.4, 0.5) is 0 Å². The normalized spacial score (nSPS) is 15.0. The highest BCUT2D eigenvalue weighted by Crippen LogP contribution is 2.28. The standard InChI is InChI=1S/C22H19ClO4/c23-17-9-6-14(7-10-17)19-12-16-8-11-18(13-20(16)27-22(19)25)26-21(24)15-4-2-1-3-5-15/h6-13,15H,1-5H2. The van der Waals surface area contributed by atoms with Gasteiger partial charge in [-0.05, 0) is 48.7 Å². The summed E-state index contributed by atoms with van der Waals surface area (Å²) in [5.41, 5.74) is 1.15. The molecule has 4 nitrogen and oxygen atoms in total. The number of hydrogen-bond acceptors (Lipinski definition) is 4. The van der Waals surface area contributed by atoms with Crippen molar-refractivity contribution in [2.24, 2.45) is 5.92 Å². The van der Waals surface area contributed by atoms with Gasteiger partial charge in [0, 0.05) is 16.5 Å². The highest BCUT2D eigenvalue weighted by molar-refractivity contribution is 6.30. The Morgan fingerprint density at radius 1 is 1.00 bits per heavy atom. The van der Waals surface area contributed by atoms with E-state index in [-0.39, 0.29) is 11.9 Å². The molecule has 1 fully saturated rings. The van der Waals surface area contributed by atoms with E-state index in [1.54, 1.807) is 48.5 Å². The van der Waals surface area contributed by atoms with Gasteiger partial charge in [0.2, 0.25) is 0 Å². The highest BCUT2D eigenvalue weighted by Gasteiger charge is 2.23. The topological polar surface area (TPSA) is 56.5 Å². The lowest BCUT2D eigenvalue weighted by Crippen LogP contribution is -2.22. The van der Waals surface area contributed by atoms with Crippen LogP contribution in [0.2, 0.25) is 5.02 Å². The van der Waals surface area contributed by atoms with Crippen molar-refractivity contribution < 1.29 is 13.9 Å². The van der Waals surface area contributed by atoms with Crippen LogP contribution in [0.1, 0.15) is 32.1 Å². The molecule has 138 valence electrons. The summed E-state index contributed by atoms with van der Waals surface area (Å²) in [4.78, 5) is 24.7. The summed E-state index contributed by atoms with van der Waals surface area (Å²) in [5.74, 6) is 0.170. The van der Waals surface area contributed by atoms with Crippen LogP contribution in [0.25, 0.3) is 22.1 Å². The van der Waals surface area contributed by atoms with Gasteiger partial charge in [-0.15, -0.1) is 0 Å². The van der Waals surface area contributed by atoms with Gasteiger partial charge in [0.15, 0.2) is 0 Å². The van der Waals surface area contributed by atoms with Crippen molar-refractivity contribution in [2.75, 3.05) is 0 Å². The quantitative estimate of drug-likeness (QED) is 0.336. The van der Waals surface area contributed by atoms with E-state index in [9.17, 15) is 9.59 Å². The number of hydrogen-bond donors (Lipinski definition) is 0. The third-order valence-corrected chi connectivity index (χ3v) is 5.27. The van der Waals surface area contributed by atoms with Crippen LogP contribution in [0.5, 0.6) is 5.75 Å². The molecule has 1 aromatic heterocycles. The van der Waals surface area contributed by atoms with Gasteiger partial charge in [-0.25, -0.2) is 4.79 Å². The van der Waals surface area contributed by atoms with E-state index >= 15 is 0 Å². The van der Waals surface area contributed by atoms with Gasteiger partial charge in [-0.1, -0.05) is 43.0 Å². The Bertz CT molecular complexity index is 1030. The summed E-state index contributed by atoms with van der Waals surface area (Å²) < 4.78 is 11.0. The Morgan fingerprint density at radius 2 is 1.74 bits per heavy atom. The maximum Gasteiger partial charge on any atom is 0.344 e. The molecule has 3 aromatic rings. The smallest absolute Gasteiger partial charge is 0.344 e. The first-order chi connectivity index (χ1) is 13.1. The maximum absolute atomic E-state index is 12.4. The molecule has 1 saturated carbocycles. The zero-order valence-electron chi connectivity index (χ0n) is 14.7. The lowest BCUT2D eigenvalue weighted by Gasteiger charge is -2.19. The Labute approximate surface area is 161 Å². The van der Waals surface area contributed by atoms with Crippen molar-refractivity contribution in [1.82, 2.24) is 0 Å². The van der Waals surface area contributed by atoms with Gasteiger partial charge in [0.1, 0.15) is 11.3 Å². The predicted molar refractivity (Wildman–Crippen MR) is 105 cm³/mol. The van der Waals surface area contributed by atoms with E-state index in [1.165, 1.54) is 6.42 Å².